The van der Waals surface area contributed by atoms with Crippen molar-refractivity contribution in [3.63, 3.8) is 0 Å². The number of anilines is 1. The van der Waals surface area contributed by atoms with Crippen LogP contribution >= 0.6 is 11.6 Å². The SMILES string of the molecule is O=C1C2C3CCC(C3)C2C(=O)N1c1ccc(Cl)c(C(F)(F)F)c1. The van der Waals surface area contributed by atoms with E-state index >= 15 is 0 Å². The van der Waals surface area contributed by atoms with Crippen molar-refractivity contribution in [3.8, 4) is 0 Å². The first-order valence-electron chi connectivity index (χ1n) is 7.53. The van der Waals surface area contributed by atoms with E-state index in [1.165, 1.54) is 6.07 Å². The molecule has 1 aromatic rings. The van der Waals surface area contributed by atoms with Crippen molar-refractivity contribution in [3.05, 3.63) is 28.8 Å². The largest absolute Gasteiger partial charge is 0.417 e. The van der Waals surface area contributed by atoms with Gasteiger partial charge in [0.05, 0.1) is 28.1 Å². The number of carbonyl (C=O) groups is 2. The number of hydrogen-bond acceptors (Lipinski definition) is 2. The summed E-state index contributed by atoms with van der Waals surface area (Å²) in [4.78, 5) is 26.2. The Balaban J connectivity index is 1.74. The van der Waals surface area contributed by atoms with Gasteiger partial charge in [0.2, 0.25) is 11.8 Å². The number of halogens is 4. The first kappa shape index (κ1) is 15.0. The molecule has 3 aliphatic rings. The predicted octanol–water partition coefficient (Wildman–Crippen LogP) is 3.89. The summed E-state index contributed by atoms with van der Waals surface area (Å²) in [6, 6.07) is 3.18. The van der Waals surface area contributed by atoms with Crippen LogP contribution in [0.2, 0.25) is 5.02 Å². The molecular weight excluding hydrogens is 331 g/mol. The van der Waals surface area contributed by atoms with Crippen LogP contribution in [0.4, 0.5) is 18.9 Å². The minimum Gasteiger partial charge on any atom is -0.274 e. The minimum absolute atomic E-state index is 0.0366. The van der Waals surface area contributed by atoms with Gasteiger partial charge in [-0.25, -0.2) is 0 Å². The molecular formula is C16H13ClF3NO2. The number of hydrogen-bond donors (Lipinski definition) is 0. The molecule has 0 radical (unpaired) electrons. The number of nitrogens with zero attached hydrogens (tertiary/aromatic N) is 1. The lowest BCUT2D eigenvalue weighted by molar-refractivity contribution is -0.137. The molecule has 1 aliphatic heterocycles. The Morgan fingerprint density at radius 2 is 1.61 bits per heavy atom. The fraction of sp³-hybridized carbons (Fsp3) is 0.500. The van der Waals surface area contributed by atoms with Gasteiger partial charge in [-0.15, -0.1) is 0 Å². The van der Waals surface area contributed by atoms with Crippen molar-refractivity contribution >= 4 is 29.1 Å². The van der Waals surface area contributed by atoms with Crippen LogP contribution in [0.3, 0.4) is 0 Å². The predicted molar refractivity (Wildman–Crippen MR) is 76.8 cm³/mol. The minimum atomic E-state index is -4.63. The number of imide groups is 1. The third-order valence-corrected chi connectivity index (χ3v) is 5.77. The van der Waals surface area contributed by atoms with Crippen LogP contribution in [0.15, 0.2) is 18.2 Å². The van der Waals surface area contributed by atoms with Crippen LogP contribution in [-0.4, -0.2) is 11.8 Å². The van der Waals surface area contributed by atoms with E-state index in [9.17, 15) is 22.8 Å². The third-order valence-electron chi connectivity index (χ3n) is 5.44. The highest BCUT2D eigenvalue weighted by atomic mass is 35.5. The number of benzene rings is 1. The summed E-state index contributed by atoms with van der Waals surface area (Å²) in [5.74, 6) is -1.04. The zero-order valence-corrected chi connectivity index (χ0v) is 12.7. The number of alkyl halides is 3. The molecule has 4 unspecified atom stereocenters. The Hall–Kier alpha value is -1.56. The Morgan fingerprint density at radius 1 is 1.04 bits per heavy atom. The highest BCUT2D eigenvalue weighted by Gasteiger charge is 2.61. The molecule has 2 saturated carbocycles. The average molecular weight is 344 g/mol. The van der Waals surface area contributed by atoms with Crippen LogP contribution in [0, 0.1) is 23.7 Å². The number of carbonyl (C=O) groups excluding carboxylic acids is 2. The first-order chi connectivity index (χ1) is 10.8. The van der Waals surface area contributed by atoms with E-state index < -0.39 is 16.8 Å². The lowest BCUT2D eigenvalue weighted by Crippen LogP contribution is -2.33. The maximum Gasteiger partial charge on any atom is 0.417 e. The topological polar surface area (TPSA) is 37.4 Å². The standard InChI is InChI=1S/C16H13ClF3NO2/c17-11-4-3-9(6-10(11)16(18,19)20)21-14(22)12-7-1-2-8(5-7)13(12)15(21)23/h3-4,6-8,12-13H,1-2,5H2. The maximum absolute atomic E-state index is 13.0. The molecule has 0 aromatic heterocycles. The molecule has 4 atom stereocenters. The van der Waals surface area contributed by atoms with Gasteiger partial charge in [-0.2, -0.15) is 13.2 Å². The fourth-order valence-electron chi connectivity index (χ4n) is 4.53. The lowest BCUT2D eigenvalue weighted by atomic mass is 9.81. The van der Waals surface area contributed by atoms with Crippen LogP contribution in [0.25, 0.3) is 0 Å². The van der Waals surface area contributed by atoms with Gasteiger partial charge >= 0.3 is 6.18 Å². The second-order valence-corrected chi connectivity index (χ2v) is 6.97. The van der Waals surface area contributed by atoms with E-state index in [1.54, 1.807) is 0 Å². The van der Waals surface area contributed by atoms with Crippen LogP contribution in [-0.2, 0) is 15.8 Å². The van der Waals surface area contributed by atoms with Crippen molar-refractivity contribution in [2.45, 2.75) is 25.4 Å². The fourth-order valence-corrected chi connectivity index (χ4v) is 4.76. The highest BCUT2D eigenvalue weighted by Crippen LogP contribution is 2.56. The lowest BCUT2D eigenvalue weighted by Gasteiger charge is -2.19. The monoisotopic (exact) mass is 343 g/mol. The van der Waals surface area contributed by atoms with Gasteiger partial charge in [-0.3, -0.25) is 14.5 Å². The molecule has 4 rings (SSSR count). The van der Waals surface area contributed by atoms with Crippen molar-refractivity contribution in [1.82, 2.24) is 0 Å². The Labute approximate surface area is 135 Å². The maximum atomic E-state index is 13.0. The summed E-state index contributed by atoms with van der Waals surface area (Å²) >= 11 is 5.60. The zero-order chi connectivity index (χ0) is 16.5. The van der Waals surface area contributed by atoms with E-state index in [0.29, 0.717) is 0 Å². The molecule has 2 bridgehead atoms. The molecule has 0 spiro atoms. The smallest absolute Gasteiger partial charge is 0.274 e. The van der Waals surface area contributed by atoms with E-state index in [0.717, 1.165) is 36.3 Å². The van der Waals surface area contributed by atoms with Gasteiger partial charge in [-0.05, 0) is 49.3 Å². The first-order valence-corrected chi connectivity index (χ1v) is 7.91. The zero-order valence-electron chi connectivity index (χ0n) is 11.9. The Bertz CT molecular complexity index is 690. The molecule has 2 amide bonds. The summed E-state index contributed by atoms with van der Waals surface area (Å²) in [7, 11) is 0. The summed E-state index contributed by atoms with van der Waals surface area (Å²) in [6.07, 6.45) is -1.90. The van der Waals surface area contributed by atoms with Crippen molar-refractivity contribution < 1.29 is 22.8 Å². The molecule has 1 heterocycles. The second-order valence-electron chi connectivity index (χ2n) is 6.56. The molecule has 23 heavy (non-hydrogen) atoms. The molecule has 3 fully saturated rings. The van der Waals surface area contributed by atoms with Crippen molar-refractivity contribution in [1.29, 1.82) is 0 Å². The molecule has 7 heteroatoms. The van der Waals surface area contributed by atoms with Crippen molar-refractivity contribution in [2.75, 3.05) is 4.90 Å². The molecule has 2 aliphatic carbocycles. The van der Waals surface area contributed by atoms with Gasteiger partial charge in [0.15, 0.2) is 0 Å². The Kier molecular flexibility index (Phi) is 3.08. The number of rotatable bonds is 1. The van der Waals surface area contributed by atoms with Gasteiger partial charge in [0.1, 0.15) is 0 Å². The molecule has 0 N–H and O–H groups in total. The Morgan fingerprint density at radius 3 is 2.13 bits per heavy atom. The summed E-state index contributed by atoms with van der Waals surface area (Å²) in [5, 5.41) is -0.444. The van der Waals surface area contributed by atoms with Crippen LogP contribution < -0.4 is 4.90 Å². The summed E-state index contributed by atoms with van der Waals surface area (Å²) in [5.41, 5.74) is -1.07. The van der Waals surface area contributed by atoms with Crippen LogP contribution in [0.5, 0.6) is 0 Å². The highest BCUT2D eigenvalue weighted by molar-refractivity contribution is 6.31. The molecule has 122 valence electrons. The van der Waals surface area contributed by atoms with Gasteiger partial charge in [-0.1, -0.05) is 11.6 Å². The summed E-state index contributed by atoms with van der Waals surface area (Å²) < 4.78 is 39.0. The van der Waals surface area contributed by atoms with E-state index in [2.05, 4.69) is 0 Å². The number of fused-ring (bicyclic) bond motifs is 5. The van der Waals surface area contributed by atoms with E-state index in [4.69, 9.17) is 11.6 Å². The summed E-state index contributed by atoms with van der Waals surface area (Å²) in [6.45, 7) is 0. The van der Waals surface area contributed by atoms with Gasteiger partial charge in [0.25, 0.3) is 0 Å². The number of amides is 2. The average Bonchev–Trinajstić information content (AvgIpc) is 3.13. The van der Waals surface area contributed by atoms with Crippen molar-refractivity contribution in [2.24, 2.45) is 23.7 Å². The quantitative estimate of drug-likeness (QED) is 0.725. The van der Waals surface area contributed by atoms with E-state index in [-0.39, 0.29) is 41.2 Å². The normalized spacial score (nSPS) is 32.8. The third kappa shape index (κ3) is 2.04. The molecule has 3 nitrogen and oxygen atoms in total. The van der Waals surface area contributed by atoms with Crippen LogP contribution in [0.1, 0.15) is 24.8 Å². The second kappa shape index (κ2) is 4.72. The van der Waals surface area contributed by atoms with Gasteiger partial charge in [0, 0.05) is 0 Å². The van der Waals surface area contributed by atoms with E-state index in [1.807, 2.05) is 0 Å². The van der Waals surface area contributed by atoms with Gasteiger partial charge < -0.3 is 0 Å². The molecule has 1 aromatic carbocycles. The molecule has 1 saturated heterocycles.